The topological polar surface area (TPSA) is 97.2 Å². The molecule has 1 N–H and O–H groups in total. The molecule has 29 heavy (non-hydrogen) atoms. The molecule has 9 heteroatoms. The molecule has 2 fully saturated rings. The number of nitrogens with one attached hydrogen (secondary N) is 1. The van der Waals surface area contributed by atoms with Crippen molar-refractivity contribution in [3.8, 4) is 0 Å². The van der Waals surface area contributed by atoms with Crippen LogP contribution in [0.2, 0.25) is 0 Å². The van der Waals surface area contributed by atoms with Crippen molar-refractivity contribution in [1.82, 2.24) is 25.0 Å². The second-order valence-corrected chi connectivity index (χ2v) is 7.67. The zero-order valence-corrected chi connectivity index (χ0v) is 16.0. The molecule has 0 unspecified atom stereocenters. The maximum Gasteiger partial charge on any atom is 0.287 e. The van der Waals surface area contributed by atoms with Gasteiger partial charge in [0, 0.05) is 19.6 Å². The Balaban J connectivity index is 1.55. The van der Waals surface area contributed by atoms with E-state index in [2.05, 4.69) is 15.4 Å². The number of halogens is 1. The van der Waals surface area contributed by atoms with E-state index in [1.54, 1.807) is 28.8 Å². The highest BCUT2D eigenvalue weighted by molar-refractivity contribution is 6.37. The fourth-order valence-corrected chi connectivity index (χ4v) is 3.66. The molecular formula is C20H22FN5O3. The molecule has 2 aliphatic rings. The summed E-state index contributed by atoms with van der Waals surface area (Å²) in [5.41, 5.74) is 0.741. The number of benzene rings is 1. The summed E-state index contributed by atoms with van der Waals surface area (Å²) < 4.78 is 14.8. The zero-order valence-electron chi connectivity index (χ0n) is 16.0. The molecule has 2 amide bonds. The number of hydrogen-bond donors (Lipinski definition) is 1. The molecule has 8 nitrogen and oxygen atoms in total. The van der Waals surface area contributed by atoms with Crippen LogP contribution < -0.4 is 5.32 Å². The van der Waals surface area contributed by atoms with Gasteiger partial charge in [-0.25, -0.2) is 9.37 Å². The van der Waals surface area contributed by atoms with Gasteiger partial charge in [0.05, 0.1) is 18.4 Å². The lowest BCUT2D eigenvalue weighted by Gasteiger charge is -2.16. The number of Topliss-reactive ketones (excluding diaryl/α,β-unsaturated/α-hetero) is 1. The van der Waals surface area contributed by atoms with Gasteiger partial charge in [0.1, 0.15) is 18.0 Å². The number of carbonyl (C=O) groups excluding carboxylic acids is 3. The van der Waals surface area contributed by atoms with Gasteiger partial charge < -0.3 is 10.2 Å². The minimum atomic E-state index is -0.750. The fourth-order valence-electron chi connectivity index (χ4n) is 3.66. The molecule has 2 atom stereocenters. The Labute approximate surface area is 167 Å². The molecule has 2 heterocycles. The van der Waals surface area contributed by atoms with Crippen LogP contribution in [0.15, 0.2) is 30.6 Å². The van der Waals surface area contributed by atoms with Crippen LogP contribution in [0.1, 0.15) is 24.2 Å². The lowest BCUT2D eigenvalue weighted by atomic mass is 9.86. The van der Waals surface area contributed by atoms with Crippen LogP contribution in [0, 0.1) is 17.7 Å². The van der Waals surface area contributed by atoms with Crippen molar-refractivity contribution in [3.63, 3.8) is 0 Å². The smallest absolute Gasteiger partial charge is 0.287 e. The van der Waals surface area contributed by atoms with Gasteiger partial charge in [-0.1, -0.05) is 12.1 Å². The molecule has 0 bridgehead atoms. The molecular weight excluding hydrogens is 377 g/mol. The molecule has 1 aliphatic heterocycles. The minimum absolute atomic E-state index is 0.0637. The standard InChI is InChI=1S/C20H22FN5O3/c1-25-17(22-11-23-25)10-26-9-16(18(27)19(28)24-14-6-7-14)15(20(26)29)8-12-2-4-13(21)5-3-12/h2-5,11,14-16H,6-10H2,1H3,(H,24,28)/t15-,16+/m1/s1. The van der Waals surface area contributed by atoms with Crippen LogP contribution >= 0.6 is 0 Å². The van der Waals surface area contributed by atoms with Gasteiger partial charge >= 0.3 is 0 Å². The third-order valence-corrected chi connectivity index (χ3v) is 5.51. The monoisotopic (exact) mass is 399 g/mol. The zero-order chi connectivity index (χ0) is 20.5. The summed E-state index contributed by atoms with van der Waals surface area (Å²) in [5.74, 6) is -2.62. The van der Waals surface area contributed by atoms with Gasteiger partial charge in [-0.15, -0.1) is 0 Å². The Kier molecular flexibility index (Phi) is 5.12. The molecule has 2 aromatic rings. The van der Waals surface area contributed by atoms with E-state index in [4.69, 9.17) is 0 Å². The van der Waals surface area contributed by atoms with Gasteiger partial charge in [0.25, 0.3) is 5.91 Å². The molecule has 1 aliphatic carbocycles. The minimum Gasteiger partial charge on any atom is -0.347 e. The average molecular weight is 399 g/mol. The average Bonchev–Trinajstić information content (AvgIpc) is 3.35. The van der Waals surface area contributed by atoms with Crippen molar-refractivity contribution in [2.24, 2.45) is 18.9 Å². The molecule has 1 aromatic heterocycles. The number of carbonyl (C=O) groups is 3. The van der Waals surface area contributed by atoms with Crippen LogP contribution in [0.5, 0.6) is 0 Å². The first-order chi connectivity index (χ1) is 13.9. The Morgan fingerprint density at radius 3 is 2.59 bits per heavy atom. The van der Waals surface area contributed by atoms with E-state index in [0.717, 1.165) is 18.4 Å². The summed E-state index contributed by atoms with van der Waals surface area (Å²) in [4.78, 5) is 44.0. The van der Waals surface area contributed by atoms with E-state index in [1.807, 2.05) is 0 Å². The van der Waals surface area contributed by atoms with Gasteiger partial charge in [0.2, 0.25) is 11.7 Å². The van der Waals surface area contributed by atoms with Crippen LogP contribution in [0.3, 0.4) is 0 Å². The number of nitrogens with zero attached hydrogens (tertiary/aromatic N) is 4. The highest BCUT2D eigenvalue weighted by Crippen LogP contribution is 2.30. The normalized spacial score (nSPS) is 21.4. The highest BCUT2D eigenvalue weighted by atomic mass is 19.1. The third kappa shape index (κ3) is 4.18. The number of ketones is 1. The fraction of sp³-hybridized carbons (Fsp3) is 0.450. The second-order valence-electron chi connectivity index (χ2n) is 7.67. The lowest BCUT2D eigenvalue weighted by Crippen LogP contribution is -2.39. The summed E-state index contributed by atoms with van der Waals surface area (Å²) in [6.07, 6.45) is 3.42. The SMILES string of the molecule is Cn1ncnc1CN1C[C@H](C(=O)C(=O)NC2CC2)[C@@H](Cc2ccc(F)cc2)C1=O. The summed E-state index contributed by atoms with van der Waals surface area (Å²) in [7, 11) is 1.73. The van der Waals surface area contributed by atoms with Gasteiger partial charge in [-0.3, -0.25) is 19.1 Å². The van der Waals surface area contributed by atoms with Crippen LogP contribution in [-0.4, -0.2) is 49.8 Å². The van der Waals surface area contributed by atoms with Crippen molar-refractivity contribution in [1.29, 1.82) is 0 Å². The summed E-state index contributed by atoms with van der Waals surface area (Å²) in [5, 5.41) is 6.71. The molecule has 152 valence electrons. The molecule has 4 rings (SSSR count). The molecule has 0 radical (unpaired) electrons. The highest BCUT2D eigenvalue weighted by Gasteiger charge is 2.46. The second kappa shape index (κ2) is 7.73. The van der Waals surface area contributed by atoms with Crippen molar-refractivity contribution in [2.75, 3.05) is 6.54 Å². The predicted octanol–water partition coefficient (Wildman–Crippen LogP) is 0.619. The Morgan fingerprint density at radius 2 is 1.97 bits per heavy atom. The predicted molar refractivity (Wildman–Crippen MR) is 99.7 cm³/mol. The van der Waals surface area contributed by atoms with Crippen molar-refractivity contribution < 1.29 is 18.8 Å². The van der Waals surface area contributed by atoms with E-state index >= 15 is 0 Å². The first-order valence-corrected chi connectivity index (χ1v) is 9.63. The van der Waals surface area contributed by atoms with Gasteiger partial charge in [-0.05, 0) is 37.0 Å². The first-order valence-electron chi connectivity index (χ1n) is 9.63. The van der Waals surface area contributed by atoms with Crippen LogP contribution in [0.4, 0.5) is 4.39 Å². The van der Waals surface area contributed by atoms with E-state index in [-0.39, 0.29) is 37.3 Å². The number of aryl methyl sites for hydroxylation is 1. The Morgan fingerprint density at radius 1 is 1.24 bits per heavy atom. The van der Waals surface area contributed by atoms with E-state index in [0.29, 0.717) is 5.82 Å². The largest absolute Gasteiger partial charge is 0.347 e. The van der Waals surface area contributed by atoms with Crippen molar-refractivity contribution >= 4 is 17.6 Å². The van der Waals surface area contributed by atoms with E-state index in [1.165, 1.54) is 18.5 Å². The maximum atomic E-state index is 13.2. The lowest BCUT2D eigenvalue weighted by molar-refractivity contribution is -0.141. The van der Waals surface area contributed by atoms with Gasteiger partial charge in [-0.2, -0.15) is 5.10 Å². The van der Waals surface area contributed by atoms with Crippen molar-refractivity contribution in [3.05, 3.63) is 47.8 Å². The first kappa shape index (κ1) is 19.2. The maximum absolute atomic E-state index is 13.2. The quantitative estimate of drug-likeness (QED) is 0.689. The van der Waals surface area contributed by atoms with Crippen LogP contribution in [0.25, 0.3) is 0 Å². The molecule has 0 spiro atoms. The summed E-state index contributed by atoms with van der Waals surface area (Å²) in [6, 6.07) is 5.90. The van der Waals surface area contributed by atoms with Crippen molar-refractivity contribution in [2.45, 2.75) is 31.8 Å². The third-order valence-electron chi connectivity index (χ3n) is 5.51. The van der Waals surface area contributed by atoms with E-state index < -0.39 is 23.5 Å². The number of rotatable bonds is 7. The number of amides is 2. The summed E-state index contributed by atoms with van der Waals surface area (Å²) in [6.45, 7) is 0.359. The Bertz CT molecular complexity index is 938. The molecule has 1 aromatic carbocycles. The summed E-state index contributed by atoms with van der Waals surface area (Å²) >= 11 is 0. The molecule has 1 saturated carbocycles. The van der Waals surface area contributed by atoms with Crippen LogP contribution in [-0.2, 0) is 34.4 Å². The number of aromatic nitrogens is 3. The van der Waals surface area contributed by atoms with E-state index in [9.17, 15) is 18.8 Å². The molecule has 1 saturated heterocycles. The number of hydrogen-bond acceptors (Lipinski definition) is 5. The van der Waals surface area contributed by atoms with Gasteiger partial charge in [0.15, 0.2) is 0 Å². The number of likely N-dealkylation sites (tertiary alicyclic amines) is 1. The Hall–Kier alpha value is -3.10.